The van der Waals surface area contributed by atoms with Crippen molar-refractivity contribution in [1.29, 1.82) is 0 Å². The molecule has 3 atom stereocenters. The molecule has 2 saturated carbocycles. The van der Waals surface area contributed by atoms with Gasteiger partial charge in [0.25, 0.3) is 0 Å². The summed E-state index contributed by atoms with van der Waals surface area (Å²) in [6.45, 7) is 1.69. The average Bonchev–Trinajstić information content (AvgIpc) is 2.45. The first-order chi connectivity index (χ1) is 5.25. The van der Waals surface area contributed by atoms with E-state index in [1.807, 2.05) is 0 Å². The van der Waals surface area contributed by atoms with Crippen molar-refractivity contribution >= 4 is 16.9 Å². The molecule has 2 aliphatic carbocycles. The third kappa shape index (κ3) is 1.46. The van der Waals surface area contributed by atoms with Gasteiger partial charge in [0.2, 0.25) is 0 Å². The predicted molar refractivity (Wildman–Crippen MR) is 47.5 cm³/mol. The zero-order valence-corrected chi connectivity index (χ0v) is 7.69. The molecular formula is C9H14OS. The van der Waals surface area contributed by atoms with Crippen LogP contribution < -0.4 is 0 Å². The lowest BCUT2D eigenvalue weighted by Gasteiger charge is -2.18. The monoisotopic (exact) mass is 170 g/mol. The third-order valence-electron chi connectivity index (χ3n) is 2.99. The summed E-state index contributed by atoms with van der Waals surface area (Å²) < 4.78 is 0. The number of rotatable bonds is 1. The number of thioether (sulfide) groups is 1. The molecule has 0 radical (unpaired) electrons. The van der Waals surface area contributed by atoms with Crippen molar-refractivity contribution in [3.05, 3.63) is 0 Å². The van der Waals surface area contributed by atoms with Crippen LogP contribution >= 0.6 is 11.8 Å². The van der Waals surface area contributed by atoms with Gasteiger partial charge in [0, 0.05) is 12.2 Å². The molecule has 0 heterocycles. The van der Waals surface area contributed by atoms with Gasteiger partial charge in [-0.1, -0.05) is 18.2 Å². The molecule has 2 bridgehead atoms. The molecule has 0 N–H and O–H groups in total. The minimum Gasteiger partial charge on any atom is -0.288 e. The van der Waals surface area contributed by atoms with E-state index in [1.165, 1.54) is 25.7 Å². The molecule has 62 valence electrons. The summed E-state index contributed by atoms with van der Waals surface area (Å²) in [5.41, 5.74) is 0. The summed E-state index contributed by atoms with van der Waals surface area (Å²) in [7, 11) is 0. The van der Waals surface area contributed by atoms with Gasteiger partial charge in [0.15, 0.2) is 5.12 Å². The molecule has 2 rings (SSSR count). The highest BCUT2D eigenvalue weighted by molar-refractivity contribution is 8.14. The third-order valence-corrected chi connectivity index (χ3v) is 4.20. The van der Waals surface area contributed by atoms with Gasteiger partial charge in [-0.25, -0.2) is 0 Å². The van der Waals surface area contributed by atoms with Gasteiger partial charge >= 0.3 is 0 Å². The first-order valence-corrected chi connectivity index (χ1v) is 5.31. The largest absolute Gasteiger partial charge is 0.288 e. The maximum atomic E-state index is 10.8. The lowest BCUT2D eigenvalue weighted by Crippen LogP contribution is -2.13. The minimum absolute atomic E-state index is 0.308. The maximum absolute atomic E-state index is 10.8. The van der Waals surface area contributed by atoms with Crippen molar-refractivity contribution in [3.8, 4) is 0 Å². The van der Waals surface area contributed by atoms with E-state index in [4.69, 9.17) is 0 Å². The topological polar surface area (TPSA) is 17.1 Å². The van der Waals surface area contributed by atoms with E-state index in [2.05, 4.69) is 0 Å². The average molecular weight is 170 g/mol. The molecule has 2 heteroatoms. The lowest BCUT2D eigenvalue weighted by molar-refractivity contribution is -0.109. The zero-order valence-electron chi connectivity index (χ0n) is 6.88. The van der Waals surface area contributed by atoms with Crippen LogP contribution in [0.3, 0.4) is 0 Å². The normalized spacial score (nSPS) is 41.4. The zero-order chi connectivity index (χ0) is 7.84. The highest BCUT2D eigenvalue weighted by Gasteiger charge is 2.40. The molecular weight excluding hydrogens is 156 g/mol. The Balaban J connectivity index is 1.92. The Morgan fingerprint density at radius 3 is 2.64 bits per heavy atom. The van der Waals surface area contributed by atoms with Crippen LogP contribution in [0, 0.1) is 11.8 Å². The van der Waals surface area contributed by atoms with E-state index in [1.54, 1.807) is 18.7 Å². The fourth-order valence-corrected chi connectivity index (χ4v) is 3.78. The van der Waals surface area contributed by atoms with Crippen LogP contribution in [0.2, 0.25) is 0 Å². The molecule has 2 aliphatic rings. The molecule has 2 fully saturated rings. The van der Waals surface area contributed by atoms with Crippen molar-refractivity contribution in [2.45, 2.75) is 37.9 Å². The summed E-state index contributed by atoms with van der Waals surface area (Å²) in [4.78, 5) is 10.8. The number of hydrogen-bond donors (Lipinski definition) is 0. The first kappa shape index (κ1) is 7.66. The van der Waals surface area contributed by atoms with E-state index in [0.29, 0.717) is 10.4 Å². The quantitative estimate of drug-likeness (QED) is 0.601. The molecule has 0 aliphatic heterocycles. The molecule has 11 heavy (non-hydrogen) atoms. The summed E-state index contributed by atoms with van der Waals surface area (Å²) in [5.74, 6) is 1.85. The molecule has 0 saturated heterocycles. The number of carbonyl (C=O) groups excluding carboxylic acids is 1. The number of fused-ring (bicyclic) bond motifs is 2. The SMILES string of the molecule is CC(=O)S[C@@H]1C[C@@H]2CC[C@H]1C2. The Bertz CT molecular complexity index is 178. The summed E-state index contributed by atoms with van der Waals surface area (Å²) >= 11 is 1.59. The Labute approximate surface area is 71.9 Å². The van der Waals surface area contributed by atoms with Crippen molar-refractivity contribution in [1.82, 2.24) is 0 Å². The Hall–Kier alpha value is 0.0200. The smallest absolute Gasteiger partial charge is 0.186 e. The highest BCUT2D eigenvalue weighted by Crippen LogP contribution is 2.49. The van der Waals surface area contributed by atoms with Crippen LogP contribution in [0.15, 0.2) is 0 Å². The van der Waals surface area contributed by atoms with Crippen LogP contribution in [0.5, 0.6) is 0 Å². The van der Waals surface area contributed by atoms with Crippen LogP contribution in [-0.4, -0.2) is 10.4 Å². The van der Waals surface area contributed by atoms with Gasteiger partial charge < -0.3 is 0 Å². The van der Waals surface area contributed by atoms with Crippen LogP contribution in [0.4, 0.5) is 0 Å². The van der Waals surface area contributed by atoms with Crippen molar-refractivity contribution < 1.29 is 4.79 Å². The van der Waals surface area contributed by atoms with Crippen molar-refractivity contribution in [2.75, 3.05) is 0 Å². The molecule has 0 aromatic carbocycles. The predicted octanol–water partition coefficient (Wildman–Crippen LogP) is 2.45. The highest BCUT2D eigenvalue weighted by atomic mass is 32.2. The van der Waals surface area contributed by atoms with E-state index in [9.17, 15) is 4.79 Å². The van der Waals surface area contributed by atoms with E-state index >= 15 is 0 Å². The second kappa shape index (κ2) is 2.81. The van der Waals surface area contributed by atoms with Gasteiger partial charge in [-0.3, -0.25) is 4.79 Å². The molecule has 0 spiro atoms. The van der Waals surface area contributed by atoms with Crippen LogP contribution in [0.1, 0.15) is 32.6 Å². The van der Waals surface area contributed by atoms with Gasteiger partial charge in [0.05, 0.1) is 0 Å². The lowest BCUT2D eigenvalue weighted by atomic mass is 10.0. The number of hydrogen-bond acceptors (Lipinski definition) is 2. The fraction of sp³-hybridized carbons (Fsp3) is 0.889. The first-order valence-electron chi connectivity index (χ1n) is 4.43. The summed E-state index contributed by atoms with van der Waals surface area (Å²) in [5, 5.41) is 0.994. The van der Waals surface area contributed by atoms with Gasteiger partial charge in [-0.05, 0) is 31.1 Å². The van der Waals surface area contributed by atoms with E-state index in [-0.39, 0.29) is 0 Å². The Morgan fingerprint density at radius 1 is 1.36 bits per heavy atom. The standard InChI is InChI=1S/C9H14OS/c1-6(10)11-9-5-7-2-3-8(9)4-7/h7-9H,2-5H2,1H3/t7-,8+,9-/m1/s1. The second-order valence-electron chi connectivity index (χ2n) is 3.82. The molecule has 1 nitrogen and oxygen atoms in total. The van der Waals surface area contributed by atoms with Crippen molar-refractivity contribution in [3.63, 3.8) is 0 Å². The van der Waals surface area contributed by atoms with Crippen molar-refractivity contribution in [2.24, 2.45) is 11.8 Å². The minimum atomic E-state index is 0.308. The molecule has 0 amide bonds. The summed E-state index contributed by atoms with van der Waals surface area (Å²) in [6.07, 6.45) is 5.54. The second-order valence-corrected chi connectivity index (χ2v) is 5.24. The maximum Gasteiger partial charge on any atom is 0.186 e. The summed E-state index contributed by atoms with van der Waals surface area (Å²) in [6, 6.07) is 0. The molecule has 0 aromatic rings. The van der Waals surface area contributed by atoms with Gasteiger partial charge in [0.1, 0.15) is 0 Å². The van der Waals surface area contributed by atoms with E-state index < -0.39 is 0 Å². The molecule has 0 unspecified atom stereocenters. The Kier molecular flexibility index (Phi) is 1.96. The van der Waals surface area contributed by atoms with Crippen LogP contribution in [0.25, 0.3) is 0 Å². The molecule has 0 aromatic heterocycles. The Morgan fingerprint density at radius 2 is 2.18 bits per heavy atom. The fourth-order valence-electron chi connectivity index (χ4n) is 2.54. The van der Waals surface area contributed by atoms with E-state index in [0.717, 1.165) is 11.8 Å². The van der Waals surface area contributed by atoms with Gasteiger partial charge in [-0.15, -0.1) is 0 Å². The van der Waals surface area contributed by atoms with Crippen LogP contribution in [-0.2, 0) is 4.79 Å². The van der Waals surface area contributed by atoms with Gasteiger partial charge in [-0.2, -0.15) is 0 Å². The number of carbonyl (C=O) groups is 1.